The number of methoxy groups -OCH3 is 1. The number of carbonyl (C=O) groups excluding carboxylic acids is 1. The van der Waals surface area contributed by atoms with E-state index in [4.69, 9.17) is 21.1 Å². The minimum Gasteiger partial charge on any atom is -0.490 e. The summed E-state index contributed by atoms with van der Waals surface area (Å²) in [5.41, 5.74) is 0.259. The van der Waals surface area contributed by atoms with Crippen molar-refractivity contribution in [2.45, 2.75) is 18.7 Å². The standard InChI is InChI=1S/C16H18ClNO6S2/c1-4-23-11-7-6-10(8-12(11)24-5-2)18-26(20,21)13-9-14(17)25-15(13)16(19)22-3/h6-9,18H,4-5H2,1-3H3. The second kappa shape index (κ2) is 8.61. The van der Waals surface area contributed by atoms with Gasteiger partial charge in [0.2, 0.25) is 0 Å². The highest BCUT2D eigenvalue weighted by molar-refractivity contribution is 7.93. The van der Waals surface area contributed by atoms with Crippen LogP contribution in [-0.4, -0.2) is 34.7 Å². The van der Waals surface area contributed by atoms with E-state index >= 15 is 0 Å². The van der Waals surface area contributed by atoms with Gasteiger partial charge in [-0.25, -0.2) is 13.2 Å². The van der Waals surface area contributed by atoms with Crippen LogP contribution in [0.15, 0.2) is 29.2 Å². The van der Waals surface area contributed by atoms with Crippen molar-refractivity contribution >= 4 is 44.6 Å². The number of esters is 1. The largest absolute Gasteiger partial charge is 0.490 e. The first-order valence-electron chi connectivity index (χ1n) is 7.62. The lowest BCUT2D eigenvalue weighted by Crippen LogP contribution is -2.16. The van der Waals surface area contributed by atoms with Crippen molar-refractivity contribution in [2.24, 2.45) is 0 Å². The van der Waals surface area contributed by atoms with Gasteiger partial charge >= 0.3 is 5.97 Å². The summed E-state index contributed by atoms with van der Waals surface area (Å²) in [5.74, 6) is 0.140. The zero-order valence-corrected chi connectivity index (χ0v) is 16.8. The Kier molecular flexibility index (Phi) is 6.74. The fourth-order valence-electron chi connectivity index (χ4n) is 2.11. The third-order valence-electron chi connectivity index (χ3n) is 3.12. The Labute approximate surface area is 160 Å². The highest BCUT2D eigenvalue weighted by atomic mass is 35.5. The van der Waals surface area contributed by atoms with Crippen molar-refractivity contribution in [3.8, 4) is 11.5 Å². The minimum absolute atomic E-state index is 0.0963. The maximum Gasteiger partial charge on any atom is 0.349 e. The Balaban J connectivity index is 2.38. The summed E-state index contributed by atoms with van der Waals surface area (Å²) in [6, 6.07) is 5.86. The molecule has 0 aliphatic heterocycles. The molecule has 1 aromatic carbocycles. The molecule has 10 heteroatoms. The Bertz CT molecular complexity index is 894. The fraction of sp³-hybridized carbons (Fsp3) is 0.312. The lowest BCUT2D eigenvalue weighted by molar-refractivity contribution is 0.0602. The van der Waals surface area contributed by atoms with Crippen molar-refractivity contribution < 1.29 is 27.4 Å². The molecule has 0 radical (unpaired) electrons. The Morgan fingerprint density at radius 3 is 2.42 bits per heavy atom. The van der Waals surface area contributed by atoms with E-state index < -0.39 is 16.0 Å². The molecule has 0 aliphatic rings. The molecule has 0 unspecified atom stereocenters. The van der Waals surface area contributed by atoms with Crippen LogP contribution in [0, 0.1) is 0 Å². The predicted octanol–water partition coefficient (Wildman–Crippen LogP) is 3.79. The quantitative estimate of drug-likeness (QED) is 0.654. The van der Waals surface area contributed by atoms with Crippen molar-refractivity contribution in [2.75, 3.05) is 25.0 Å². The lowest BCUT2D eigenvalue weighted by atomic mass is 10.3. The molecular formula is C16H18ClNO6S2. The maximum absolute atomic E-state index is 12.7. The molecule has 0 aliphatic carbocycles. The summed E-state index contributed by atoms with van der Waals surface area (Å²) in [5, 5.41) is 0. The van der Waals surface area contributed by atoms with Crippen molar-refractivity contribution in [3.05, 3.63) is 33.5 Å². The number of thiophene rings is 1. The first kappa shape index (κ1) is 20.3. The van der Waals surface area contributed by atoms with Gasteiger partial charge in [-0.2, -0.15) is 0 Å². The maximum atomic E-state index is 12.7. The van der Waals surface area contributed by atoms with Crippen LogP contribution >= 0.6 is 22.9 Å². The first-order valence-corrected chi connectivity index (χ1v) is 10.3. The smallest absolute Gasteiger partial charge is 0.349 e. The summed E-state index contributed by atoms with van der Waals surface area (Å²) >= 11 is 6.71. The number of hydrogen-bond donors (Lipinski definition) is 1. The highest BCUT2D eigenvalue weighted by Gasteiger charge is 2.27. The fourth-order valence-corrected chi connectivity index (χ4v) is 4.88. The van der Waals surface area contributed by atoms with Gasteiger partial charge in [-0.15, -0.1) is 11.3 Å². The summed E-state index contributed by atoms with van der Waals surface area (Å²) in [6.07, 6.45) is 0. The van der Waals surface area contributed by atoms with Crippen LogP contribution in [0.5, 0.6) is 11.5 Å². The van der Waals surface area contributed by atoms with Crippen LogP contribution in [-0.2, 0) is 14.8 Å². The molecule has 0 atom stereocenters. The molecule has 2 rings (SSSR count). The molecule has 1 aromatic heterocycles. The molecule has 7 nitrogen and oxygen atoms in total. The number of halogens is 1. The van der Waals surface area contributed by atoms with Crippen LogP contribution in [0.25, 0.3) is 0 Å². The first-order chi connectivity index (χ1) is 12.3. The zero-order valence-electron chi connectivity index (χ0n) is 14.4. The van der Waals surface area contributed by atoms with Gasteiger partial charge in [-0.05, 0) is 32.0 Å². The lowest BCUT2D eigenvalue weighted by Gasteiger charge is -2.13. The van der Waals surface area contributed by atoms with E-state index in [1.165, 1.54) is 25.3 Å². The monoisotopic (exact) mass is 419 g/mol. The molecule has 0 saturated carbocycles. The van der Waals surface area contributed by atoms with Gasteiger partial charge in [0.05, 0.1) is 30.3 Å². The van der Waals surface area contributed by atoms with Crippen LogP contribution in [0.2, 0.25) is 4.34 Å². The van der Waals surface area contributed by atoms with E-state index in [1.54, 1.807) is 6.07 Å². The number of rotatable bonds is 8. The third-order valence-corrected chi connectivity index (χ3v) is 5.90. The van der Waals surface area contributed by atoms with E-state index in [9.17, 15) is 13.2 Å². The average Bonchev–Trinajstić information content (AvgIpc) is 2.99. The number of ether oxygens (including phenoxy) is 3. The van der Waals surface area contributed by atoms with Crippen LogP contribution in [0.3, 0.4) is 0 Å². The Morgan fingerprint density at radius 1 is 1.15 bits per heavy atom. The van der Waals surface area contributed by atoms with Gasteiger partial charge in [0.1, 0.15) is 9.77 Å². The highest BCUT2D eigenvalue weighted by Crippen LogP contribution is 2.34. The van der Waals surface area contributed by atoms with Crippen molar-refractivity contribution in [1.29, 1.82) is 0 Å². The van der Waals surface area contributed by atoms with Gasteiger partial charge in [0.25, 0.3) is 10.0 Å². The molecule has 0 amide bonds. The second-order valence-corrected chi connectivity index (χ2v) is 8.20. The molecule has 2 aromatic rings. The molecular weight excluding hydrogens is 402 g/mol. The molecule has 1 N–H and O–H groups in total. The number of carbonyl (C=O) groups is 1. The van der Waals surface area contributed by atoms with Crippen LogP contribution in [0.1, 0.15) is 23.5 Å². The van der Waals surface area contributed by atoms with Crippen molar-refractivity contribution in [1.82, 2.24) is 0 Å². The van der Waals surface area contributed by atoms with Crippen molar-refractivity contribution in [3.63, 3.8) is 0 Å². The van der Waals surface area contributed by atoms with E-state index in [-0.39, 0.29) is 19.8 Å². The van der Waals surface area contributed by atoms with Gasteiger partial charge in [0, 0.05) is 6.07 Å². The molecule has 142 valence electrons. The third kappa shape index (κ3) is 4.60. The van der Waals surface area contributed by atoms with E-state index in [0.717, 1.165) is 11.3 Å². The summed E-state index contributed by atoms with van der Waals surface area (Å²) in [7, 11) is -2.89. The average molecular weight is 420 g/mol. The topological polar surface area (TPSA) is 90.9 Å². The van der Waals surface area contributed by atoms with Gasteiger partial charge in [-0.1, -0.05) is 11.6 Å². The van der Waals surface area contributed by atoms with Crippen LogP contribution in [0.4, 0.5) is 5.69 Å². The van der Waals surface area contributed by atoms with Gasteiger partial charge in [0.15, 0.2) is 11.5 Å². The number of anilines is 1. The number of benzene rings is 1. The molecule has 0 bridgehead atoms. The van der Waals surface area contributed by atoms with E-state index in [2.05, 4.69) is 9.46 Å². The molecule has 26 heavy (non-hydrogen) atoms. The van der Waals surface area contributed by atoms with E-state index in [0.29, 0.717) is 24.7 Å². The van der Waals surface area contributed by atoms with Crippen LogP contribution < -0.4 is 14.2 Å². The second-order valence-electron chi connectivity index (χ2n) is 4.87. The summed E-state index contributed by atoms with van der Waals surface area (Å²) in [6.45, 7) is 4.48. The summed E-state index contributed by atoms with van der Waals surface area (Å²) in [4.78, 5) is 11.5. The SMILES string of the molecule is CCOc1ccc(NS(=O)(=O)c2cc(Cl)sc2C(=O)OC)cc1OCC. The predicted molar refractivity (Wildman–Crippen MR) is 100 cm³/mol. The Morgan fingerprint density at radius 2 is 1.81 bits per heavy atom. The number of nitrogens with one attached hydrogen (secondary N) is 1. The molecule has 0 saturated heterocycles. The number of sulfonamides is 1. The summed E-state index contributed by atoms with van der Waals surface area (Å²) < 4.78 is 43.5. The normalized spacial score (nSPS) is 11.1. The minimum atomic E-state index is -4.06. The number of hydrogen-bond acceptors (Lipinski definition) is 7. The molecule has 1 heterocycles. The molecule has 0 spiro atoms. The molecule has 0 fully saturated rings. The Hall–Kier alpha value is -1.97. The van der Waals surface area contributed by atoms with Gasteiger partial charge < -0.3 is 14.2 Å². The zero-order chi connectivity index (χ0) is 19.3. The van der Waals surface area contributed by atoms with E-state index in [1.807, 2.05) is 13.8 Å². The van der Waals surface area contributed by atoms with Gasteiger partial charge in [-0.3, -0.25) is 4.72 Å².